The van der Waals surface area contributed by atoms with E-state index in [-0.39, 0.29) is 28.1 Å². The Labute approximate surface area is 138 Å². The monoisotopic (exact) mass is 358 g/mol. The molecule has 7 nitrogen and oxygen atoms in total. The van der Waals surface area contributed by atoms with Crippen molar-refractivity contribution in [3.8, 4) is 5.75 Å². The molecule has 1 aromatic heterocycles. The number of aryl methyl sites for hydroxylation is 2. The molecule has 0 atom stereocenters. The molecule has 0 saturated carbocycles. The van der Waals surface area contributed by atoms with Crippen LogP contribution in [0.2, 0.25) is 5.15 Å². The van der Waals surface area contributed by atoms with Crippen molar-refractivity contribution in [1.82, 2.24) is 9.78 Å². The standard InChI is InChI=1S/C14H15ClN2O5S/c1-4-21-14(18)10-5-7-11(8-6-10)22-23(19,20)12-9(2)16-17(3)13(12)15/h5-8H,4H2,1-3H3. The summed E-state index contributed by atoms with van der Waals surface area (Å²) in [5.74, 6) is -0.439. The number of carbonyl (C=O) groups excluding carboxylic acids is 1. The summed E-state index contributed by atoms with van der Waals surface area (Å²) < 4.78 is 35.8. The Hall–Kier alpha value is -2.06. The van der Waals surface area contributed by atoms with Crippen molar-refractivity contribution in [2.24, 2.45) is 7.05 Å². The fourth-order valence-electron chi connectivity index (χ4n) is 1.92. The largest absolute Gasteiger partial charge is 0.462 e. The summed E-state index contributed by atoms with van der Waals surface area (Å²) in [6.07, 6.45) is 0. The number of benzene rings is 1. The van der Waals surface area contributed by atoms with E-state index in [1.54, 1.807) is 6.92 Å². The van der Waals surface area contributed by atoms with E-state index in [2.05, 4.69) is 5.10 Å². The first-order valence-corrected chi connectivity index (χ1v) is 8.45. The van der Waals surface area contributed by atoms with Gasteiger partial charge in [-0.25, -0.2) is 4.79 Å². The molecule has 1 aromatic carbocycles. The molecule has 0 spiro atoms. The van der Waals surface area contributed by atoms with Gasteiger partial charge in [-0.05, 0) is 38.1 Å². The quantitative estimate of drug-likeness (QED) is 0.602. The fraction of sp³-hybridized carbons (Fsp3) is 0.286. The van der Waals surface area contributed by atoms with Gasteiger partial charge in [0.05, 0.1) is 17.9 Å². The minimum Gasteiger partial charge on any atom is -0.462 e. The average Bonchev–Trinajstić information content (AvgIpc) is 2.73. The molecule has 0 aliphatic rings. The highest BCUT2D eigenvalue weighted by molar-refractivity contribution is 7.87. The van der Waals surface area contributed by atoms with Crippen molar-refractivity contribution < 1.29 is 22.1 Å². The van der Waals surface area contributed by atoms with Gasteiger partial charge in [-0.15, -0.1) is 0 Å². The maximum Gasteiger partial charge on any atom is 0.344 e. The van der Waals surface area contributed by atoms with Gasteiger partial charge in [0.2, 0.25) is 0 Å². The summed E-state index contributed by atoms with van der Waals surface area (Å²) in [7, 11) is -2.60. The Balaban J connectivity index is 2.26. The molecule has 0 aliphatic carbocycles. The van der Waals surface area contributed by atoms with E-state index in [1.165, 1.54) is 42.9 Å². The van der Waals surface area contributed by atoms with E-state index >= 15 is 0 Å². The van der Waals surface area contributed by atoms with Crippen LogP contribution in [-0.2, 0) is 21.9 Å². The van der Waals surface area contributed by atoms with Crippen LogP contribution in [0.1, 0.15) is 23.0 Å². The van der Waals surface area contributed by atoms with Gasteiger partial charge in [0.15, 0.2) is 4.90 Å². The Morgan fingerprint density at radius 1 is 1.30 bits per heavy atom. The van der Waals surface area contributed by atoms with E-state index in [0.717, 1.165) is 0 Å². The van der Waals surface area contributed by atoms with Gasteiger partial charge in [-0.2, -0.15) is 13.5 Å². The Kier molecular flexibility index (Phi) is 4.96. The van der Waals surface area contributed by atoms with Crippen molar-refractivity contribution >= 4 is 27.7 Å². The molecule has 0 aliphatic heterocycles. The van der Waals surface area contributed by atoms with E-state index in [0.29, 0.717) is 5.56 Å². The van der Waals surface area contributed by atoms with E-state index < -0.39 is 16.1 Å². The lowest BCUT2D eigenvalue weighted by Crippen LogP contribution is -2.11. The number of hydrogen-bond acceptors (Lipinski definition) is 6. The molecule has 9 heteroatoms. The second-order valence-corrected chi connectivity index (χ2v) is 6.45. The van der Waals surface area contributed by atoms with Crippen molar-refractivity contribution in [2.75, 3.05) is 6.61 Å². The number of hydrogen-bond donors (Lipinski definition) is 0. The lowest BCUT2D eigenvalue weighted by molar-refractivity contribution is 0.0526. The summed E-state index contributed by atoms with van der Waals surface area (Å²) in [5, 5.41) is 3.90. The van der Waals surface area contributed by atoms with Crippen molar-refractivity contribution in [3.05, 3.63) is 40.7 Å². The predicted molar refractivity (Wildman–Crippen MR) is 83.2 cm³/mol. The highest BCUT2D eigenvalue weighted by atomic mass is 35.5. The first-order chi connectivity index (χ1) is 10.8. The van der Waals surface area contributed by atoms with Gasteiger partial charge in [-0.3, -0.25) is 4.68 Å². The molecule has 0 amide bonds. The van der Waals surface area contributed by atoms with Crippen LogP contribution < -0.4 is 4.18 Å². The normalized spacial score (nSPS) is 11.3. The van der Waals surface area contributed by atoms with Crippen LogP contribution in [-0.4, -0.2) is 30.8 Å². The first-order valence-electron chi connectivity index (χ1n) is 6.67. The molecule has 124 valence electrons. The van der Waals surface area contributed by atoms with Crippen LogP contribution in [0.3, 0.4) is 0 Å². The maximum absolute atomic E-state index is 12.3. The van der Waals surface area contributed by atoms with Crippen LogP contribution in [0.15, 0.2) is 29.2 Å². The van der Waals surface area contributed by atoms with Gasteiger partial charge in [0.1, 0.15) is 10.9 Å². The summed E-state index contributed by atoms with van der Waals surface area (Å²) in [5.41, 5.74) is 0.535. The SMILES string of the molecule is CCOC(=O)c1ccc(OS(=O)(=O)c2c(C)nn(C)c2Cl)cc1. The fourth-order valence-corrected chi connectivity index (χ4v) is 3.57. The Morgan fingerprint density at radius 2 is 1.91 bits per heavy atom. The molecular formula is C14H15ClN2O5S. The number of carbonyl (C=O) groups is 1. The van der Waals surface area contributed by atoms with Gasteiger partial charge in [-0.1, -0.05) is 11.6 Å². The second kappa shape index (κ2) is 6.59. The number of ether oxygens (including phenoxy) is 1. The molecule has 0 saturated heterocycles. The number of halogens is 1. The lowest BCUT2D eigenvalue weighted by atomic mass is 10.2. The number of aromatic nitrogens is 2. The molecular weight excluding hydrogens is 344 g/mol. The van der Waals surface area contributed by atoms with Crippen molar-refractivity contribution in [2.45, 2.75) is 18.7 Å². The zero-order chi connectivity index (χ0) is 17.2. The summed E-state index contributed by atoms with van der Waals surface area (Å²) in [6.45, 7) is 3.47. The lowest BCUT2D eigenvalue weighted by Gasteiger charge is -2.07. The molecule has 23 heavy (non-hydrogen) atoms. The third-order valence-electron chi connectivity index (χ3n) is 2.92. The van der Waals surface area contributed by atoms with Crippen LogP contribution in [0.4, 0.5) is 0 Å². The number of rotatable bonds is 5. The van der Waals surface area contributed by atoms with Crippen LogP contribution >= 0.6 is 11.6 Å². The maximum atomic E-state index is 12.3. The summed E-state index contributed by atoms with van der Waals surface area (Å²) >= 11 is 5.95. The highest BCUT2D eigenvalue weighted by Crippen LogP contribution is 2.27. The molecule has 0 fully saturated rings. The third kappa shape index (κ3) is 3.65. The Morgan fingerprint density at radius 3 is 2.39 bits per heavy atom. The number of esters is 1. The number of nitrogens with zero attached hydrogens (tertiary/aromatic N) is 2. The summed E-state index contributed by atoms with van der Waals surface area (Å²) in [4.78, 5) is 11.4. The van der Waals surface area contributed by atoms with Gasteiger partial charge >= 0.3 is 16.1 Å². The second-order valence-electron chi connectivity index (χ2n) is 4.61. The minimum absolute atomic E-state index is 0.0364. The topological polar surface area (TPSA) is 87.5 Å². The smallest absolute Gasteiger partial charge is 0.344 e. The van der Waals surface area contributed by atoms with E-state index in [1.807, 2.05) is 0 Å². The molecule has 2 aromatic rings. The first kappa shape index (κ1) is 17.3. The molecule has 1 heterocycles. The predicted octanol–water partition coefficient (Wildman–Crippen LogP) is 2.33. The average molecular weight is 359 g/mol. The van der Waals surface area contributed by atoms with Gasteiger partial charge in [0, 0.05) is 7.05 Å². The van der Waals surface area contributed by atoms with E-state index in [4.69, 9.17) is 20.5 Å². The van der Waals surface area contributed by atoms with Crippen molar-refractivity contribution in [3.63, 3.8) is 0 Å². The van der Waals surface area contributed by atoms with Gasteiger partial charge < -0.3 is 8.92 Å². The molecule has 0 unspecified atom stereocenters. The zero-order valence-electron chi connectivity index (χ0n) is 12.7. The van der Waals surface area contributed by atoms with Crippen molar-refractivity contribution in [1.29, 1.82) is 0 Å². The van der Waals surface area contributed by atoms with Gasteiger partial charge in [0.25, 0.3) is 0 Å². The van der Waals surface area contributed by atoms with Crippen LogP contribution in [0.25, 0.3) is 0 Å². The van der Waals surface area contributed by atoms with E-state index in [9.17, 15) is 13.2 Å². The molecule has 2 rings (SSSR count). The minimum atomic E-state index is -4.13. The van der Waals surface area contributed by atoms with Crippen LogP contribution in [0, 0.1) is 6.92 Å². The molecule has 0 bridgehead atoms. The summed E-state index contributed by atoms with van der Waals surface area (Å²) in [6, 6.07) is 5.56. The molecule has 0 N–H and O–H groups in total. The molecule has 0 radical (unpaired) electrons. The third-order valence-corrected chi connectivity index (χ3v) is 4.87. The highest BCUT2D eigenvalue weighted by Gasteiger charge is 2.27. The zero-order valence-corrected chi connectivity index (χ0v) is 14.3. The van der Waals surface area contributed by atoms with Crippen LogP contribution in [0.5, 0.6) is 5.75 Å². The Bertz CT molecular complexity index is 828.